The lowest BCUT2D eigenvalue weighted by molar-refractivity contribution is 0.323. The van der Waals surface area contributed by atoms with E-state index in [0.29, 0.717) is 6.61 Å². The molecule has 1 aromatic carbocycles. The van der Waals surface area contributed by atoms with Crippen LogP contribution in [0.4, 0.5) is 0 Å². The Morgan fingerprint density at radius 2 is 2.00 bits per heavy atom. The van der Waals surface area contributed by atoms with E-state index in [1.165, 1.54) is 0 Å². The van der Waals surface area contributed by atoms with Crippen molar-refractivity contribution in [3.63, 3.8) is 0 Å². The Morgan fingerprint density at radius 1 is 1.26 bits per heavy atom. The molecule has 0 amide bonds. The summed E-state index contributed by atoms with van der Waals surface area (Å²) in [5.74, 6) is 7.23. The summed E-state index contributed by atoms with van der Waals surface area (Å²) in [6.07, 6.45) is 0. The van der Waals surface area contributed by atoms with Crippen LogP contribution in [0.5, 0.6) is 11.5 Å². The first-order valence-electron chi connectivity index (χ1n) is 6.41. The molecule has 3 nitrogen and oxygen atoms in total. The Labute approximate surface area is 116 Å². The Kier molecular flexibility index (Phi) is 5.72. The van der Waals surface area contributed by atoms with Gasteiger partial charge < -0.3 is 14.8 Å². The lowest BCUT2D eigenvalue weighted by Crippen LogP contribution is -2.35. The molecule has 0 fully saturated rings. The van der Waals surface area contributed by atoms with Crippen molar-refractivity contribution in [2.45, 2.75) is 39.8 Å². The van der Waals surface area contributed by atoms with Gasteiger partial charge in [0.25, 0.3) is 0 Å². The van der Waals surface area contributed by atoms with E-state index in [2.05, 4.69) is 37.9 Å². The smallest absolute Gasteiger partial charge is 0.167 e. The van der Waals surface area contributed by atoms with E-state index in [1.807, 2.05) is 18.2 Å². The number of hydrogen-bond acceptors (Lipinski definition) is 3. The molecule has 0 aliphatic carbocycles. The summed E-state index contributed by atoms with van der Waals surface area (Å²) in [5, 5.41) is 3.45. The summed E-state index contributed by atoms with van der Waals surface area (Å²) >= 11 is 0. The number of hydrogen-bond donors (Lipinski definition) is 1. The van der Waals surface area contributed by atoms with Gasteiger partial charge in [0.1, 0.15) is 6.61 Å². The minimum atomic E-state index is 0.0591. The second kappa shape index (κ2) is 7.06. The van der Waals surface area contributed by atoms with E-state index in [4.69, 9.17) is 9.47 Å². The zero-order valence-corrected chi connectivity index (χ0v) is 12.5. The number of nitrogens with one attached hydrogen (secondary N) is 1. The highest BCUT2D eigenvalue weighted by atomic mass is 16.5. The largest absolute Gasteiger partial charge is 0.493 e. The first-order valence-corrected chi connectivity index (χ1v) is 6.41. The molecule has 0 saturated carbocycles. The molecule has 1 aromatic rings. The molecule has 0 aliphatic heterocycles. The normalized spacial score (nSPS) is 10.6. The molecule has 0 bridgehead atoms. The highest BCUT2D eigenvalue weighted by molar-refractivity contribution is 5.46. The second-order valence-corrected chi connectivity index (χ2v) is 5.27. The quantitative estimate of drug-likeness (QED) is 0.827. The molecule has 0 saturated heterocycles. The second-order valence-electron chi connectivity index (χ2n) is 5.27. The van der Waals surface area contributed by atoms with Gasteiger partial charge in [0, 0.05) is 17.6 Å². The first kappa shape index (κ1) is 15.4. The highest BCUT2D eigenvalue weighted by Crippen LogP contribution is 2.31. The lowest BCUT2D eigenvalue weighted by atomic mass is 10.1. The van der Waals surface area contributed by atoms with Gasteiger partial charge >= 0.3 is 0 Å². The SMILES string of the molecule is CC#CCOc1c(CNC(C)(C)C)cccc1OC. The molecule has 0 unspecified atom stereocenters. The fourth-order valence-corrected chi connectivity index (χ4v) is 1.57. The molecule has 0 spiro atoms. The van der Waals surface area contributed by atoms with Crippen LogP contribution in [0.15, 0.2) is 18.2 Å². The molecule has 1 N–H and O–H groups in total. The van der Waals surface area contributed by atoms with Gasteiger partial charge in [0.2, 0.25) is 0 Å². The Bertz CT molecular complexity index is 464. The number of benzene rings is 1. The topological polar surface area (TPSA) is 30.5 Å². The maximum Gasteiger partial charge on any atom is 0.167 e. The van der Waals surface area contributed by atoms with E-state index in [1.54, 1.807) is 14.0 Å². The Morgan fingerprint density at radius 3 is 2.58 bits per heavy atom. The number of para-hydroxylation sites is 1. The molecule has 3 heteroatoms. The summed E-state index contributed by atoms with van der Waals surface area (Å²) < 4.78 is 11.1. The van der Waals surface area contributed by atoms with E-state index in [9.17, 15) is 0 Å². The number of methoxy groups -OCH3 is 1. The Balaban J connectivity index is 2.90. The molecule has 0 heterocycles. The third-order valence-electron chi connectivity index (χ3n) is 2.55. The molecule has 0 radical (unpaired) electrons. The van der Waals surface area contributed by atoms with Crippen LogP contribution < -0.4 is 14.8 Å². The van der Waals surface area contributed by atoms with Crippen molar-refractivity contribution in [3.8, 4) is 23.3 Å². The van der Waals surface area contributed by atoms with E-state index in [-0.39, 0.29) is 5.54 Å². The van der Waals surface area contributed by atoms with Crippen LogP contribution in [0.3, 0.4) is 0 Å². The van der Waals surface area contributed by atoms with Crippen LogP contribution in [0.1, 0.15) is 33.3 Å². The fourth-order valence-electron chi connectivity index (χ4n) is 1.57. The molecule has 0 atom stereocenters. The fraction of sp³-hybridized carbons (Fsp3) is 0.500. The van der Waals surface area contributed by atoms with Gasteiger partial charge in [-0.15, -0.1) is 5.92 Å². The molecular weight excluding hydrogens is 238 g/mol. The summed E-state index contributed by atoms with van der Waals surface area (Å²) in [5.41, 5.74) is 1.14. The van der Waals surface area contributed by atoms with Crippen molar-refractivity contribution in [3.05, 3.63) is 23.8 Å². The molecule has 0 aliphatic rings. The van der Waals surface area contributed by atoms with Gasteiger partial charge in [-0.2, -0.15) is 0 Å². The van der Waals surface area contributed by atoms with E-state index >= 15 is 0 Å². The van der Waals surface area contributed by atoms with Crippen LogP contribution >= 0.6 is 0 Å². The molecule has 104 valence electrons. The van der Waals surface area contributed by atoms with Gasteiger partial charge in [-0.3, -0.25) is 0 Å². The van der Waals surface area contributed by atoms with Crippen molar-refractivity contribution < 1.29 is 9.47 Å². The maximum atomic E-state index is 5.73. The van der Waals surface area contributed by atoms with Crippen LogP contribution in [-0.4, -0.2) is 19.3 Å². The van der Waals surface area contributed by atoms with Gasteiger partial charge in [0.05, 0.1) is 7.11 Å². The Hall–Kier alpha value is -1.66. The molecule has 1 rings (SSSR count). The average Bonchev–Trinajstić information content (AvgIpc) is 2.36. The minimum Gasteiger partial charge on any atom is -0.493 e. The average molecular weight is 261 g/mol. The van der Waals surface area contributed by atoms with Crippen LogP contribution in [-0.2, 0) is 6.54 Å². The zero-order valence-electron chi connectivity index (χ0n) is 12.5. The minimum absolute atomic E-state index is 0.0591. The van der Waals surface area contributed by atoms with E-state index < -0.39 is 0 Å². The van der Waals surface area contributed by atoms with Crippen molar-refractivity contribution in [2.75, 3.05) is 13.7 Å². The van der Waals surface area contributed by atoms with Crippen LogP contribution in [0.25, 0.3) is 0 Å². The first-order chi connectivity index (χ1) is 8.98. The van der Waals surface area contributed by atoms with Crippen molar-refractivity contribution in [1.29, 1.82) is 0 Å². The monoisotopic (exact) mass is 261 g/mol. The van der Waals surface area contributed by atoms with E-state index in [0.717, 1.165) is 23.6 Å². The van der Waals surface area contributed by atoms with Crippen molar-refractivity contribution in [1.82, 2.24) is 5.32 Å². The van der Waals surface area contributed by atoms with Gasteiger partial charge in [-0.1, -0.05) is 18.1 Å². The van der Waals surface area contributed by atoms with Crippen LogP contribution in [0.2, 0.25) is 0 Å². The predicted octanol–water partition coefficient (Wildman–Crippen LogP) is 2.99. The predicted molar refractivity (Wildman–Crippen MR) is 78.5 cm³/mol. The number of rotatable bonds is 5. The standard InChI is InChI=1S/C16H23NO2/c1-6-7-11-19-15-13(12-17-16(2,3)4)9-8-10-14(15)18-5/h8-10,17H,11-12H2,1-5H3. The lowest BCUT2D eigenvalue weighted by Gasteiger charge is -2.22. The van der Waals surface area contributed by atoms with Crippen molar-refractivity contribution >= 4 is 0 Å². The maximum absolute atomic E-state index is 5.73. The van der Waals surface area contributed by atoms with Crippen LogP contribution in [0, 0.1) is 11.8 Å². The summed E-state index contributed by atoms with van der Waals surface area (Å²) in [4.78, 5) is 0. The van der Waals surface area contributed by atoms with Gasteiger partial charge in [-0.25, -0.2) is 0 Å². The molecule has 19 heavy (non-hydrogen) atoms. The zero-order chi connectivity index (χ0) is 14.3. The third kappa shape index (κ3) is 5.23. The summed E-state index contributed by atoms with van der Waals surface area (Å²) in [6.45, 7) is 9.31. The third-order valence-corrected chi connectivity index (χ3v) is 2.55. The van der Waals surface area contributed by atoms with Gasteiger partial charge in [-0.05, 0) is 33.8 Å². The van der Waals surface area contributed by atoms with Gasteiger partial charge in [0.15, 0.2) is 11.5 Å². The van der Waals surface area contributed by atoms with Crippen molar-refractivity contribution in [2.24, 2.45) is 0 Å². The highest BCUT2D eigenvalue weighted by Gasteiger charge is 2.13. The molecular formula is C16H23NO2. The summed E-state index contributed by atoms with van der Waals surface area (Å²) in [6, 6.07) is 5.90. The number of ether oxygens (including phenoxy) is 2. The molecule has 0 aromatic heterocycles. The summed E-state index contributed by atoms with van der Waals surface area (Å²) in [7, 11) is 1.65.